The van der Waals surface area contributed by atoms with Crippen molar-refractivity contribution in [3.05, 3.63) is 53.9 Å². The van der Waals surface area contributed by atoms with Crippen LogP contribution in [0.3, 0.4) is 0 Å². The van der Waals surface area contributed by atoms with Crippen molar-refractivity contribution in [2.24, 2.45) is 0 Å². The Hall–Kier alpha value is -1.92. The van der Waals surface area contributed by atoms with Gasteiger partial charge in [-0.25, -0.2) is 8.42 Å². The van der Waals surface area contributed by atoms with Crippen LogP contribution in [0.15, 0.2) is 47.6 Å². The highest BCUT2D eigenvalue weighted by Crippen LogP contribution is 2.28. The van der Waals surface area contributed by atoms with Gasteiger partial charge in [0.25, 0.3) is 0 Å². The summed E-state index contributed by atoms with van der Waals surface area (Å²) < 4.78 is 33.8. The van der Waals surface area contributed by atoms with Crippen molar-refractivity contribution in [2.45, 2.75) is 49.5 Å². The van der Waals surface area contributed by atoms with Gasteiger partial charge in [0, 0.05) is 18.9 Å². The van der Waals surface area contributed by atoms with Gasteiger partial charge in [-0.3, -0.25) is 4.98 Å². The number of ether oxygens (including phenoxy) is 1. The zero-order valence-electron chi connectivity index (χ0n) is 14.8. The summed E-state index contributed by atoms with van der Waals surface area (Å²) >= 11 is 0. The first-order chi connectivity index (χ1) is 12.6. The lowest BCUT2D eigenvalue weighted by Crippen LogP contribution is -2.44. The summed E-state index contributed by atoms with van der Waals surface area (Å²) in [4.78, 5) is 4.40. The number of sulfonamides is 1. The average molecular weight is 372 g/mol. The molecule has 138 valence electrons. The lowest BCUT2D eigenvalue weighted by molar-refractivity contribution is 0.129. The molecule has 1 atom stereocenters. The van der Waals surface area contributed by atoms with E-state index in [1.807, 2.05) is 12.1 Å². The standard InChI is InChI=1S/C20H24N2O3S/c23-26(24,20-8-7-16-4-1-2-5-17(16)14-20)22-13-3-6-19(15-22)25-18-9-11-21-12-10-18/h7-12,14,19H,1-6,13,15H2/t19-/m0/s1. The van der Waals surface area contributed by atoms with E-state index in [1.54, 1.807) is 34.9 Å². The molecule has 1 aliphatic carbocycles. The van der Waals surface area contributed by atoms with E-state index in [4.69, 9.17) is 4.74 Å². The third kappa shape index (κ3) is 3.62. The molecular weight excluding hydrogens is 348 g/mol. The van der Waals surface area contributed by atoms with E-state index in [1.165, 1.54) is 17.5 Å². The van der Waals surface area contributed by atoms with Crippen LogP contribution in [-0.4, -0.2) is 36.9 Å². The van der Waals surface area contributed by atoms with Crippen molar-refractivity contribution in [3.63, 3.8) is 0 Å². The fourth-order valence-corrected chi connectivity index (χ4v) is 5.41. The molecular formula is C20H24N2O3S. The van der Waals surface area contributed by atoms with E-state index < -0.39 is 10.0 Å². The van der Waals surface area contributed by atoms with Gasteiger partial charge in [-0.2, -0.15) is 4.31 Å². The normalized spacial score (nSPS) is 21.2. The van der Waals surface area contributed by atoms with E-state index >= 15 is 0 Å². The molecule has 2 aromatic rings. The molecule has 0 unspecified atom stereocenters. The van der Waals surface area contributed by atoms with Crippen molar-refractivity contribution in [1.29, 1.82) is 0 Å². The fraction of sp³-hybridized carbons (Fsp3) is 0.450. The molecule has 5 nitrogen and oxygen atoms in total. The Morgan fingerprint density at radius 2 is 1.77 bits per heavy atom. The van der Waals surface area contributed by atoms with Gasteiger partial charge in [-0.15, -0.1) is 0 Å². The molecule has 2 aliphatic rings. The number of rotatable bonds is 4. The number of hydrogen-bond donors (Lipinski definition) is 0. The van der Waals surface area contributed by atoms with Crippen molar-refractivity contribution in [1.82, 2.24) is 9.29 Å². The number of aromatic nitrogens is 1. The van der Waals surface area contributed by atoms with E-state index in [-0.39, 0.29) is 6.10 Å². The first kappa shape index (κ1) is 17.5. The highest BCUT2D eigenvalue weighted by atomic mass is 32.2. The van der Waals surface area contributed by atoms with Gasteiger partial charge in [0.05, 0.1) is 11.4 Å². The van der Waals surface area contributed by atoms with Crippen LogP contribution in [0.5, 0.6) is 5.75 Å². The Kier molecular flexibility index (Phi) is 4.96. The number of hydrogen-bond acceptors (Lipinski definition) is 4. The molecule has 4 rings (SSSR count). The van der Waals surface area contributed by atoms with Crippen LogP contribution in [0.2, 0.25) is 0 Å². The van der Waals surface area contributed by atoms with Crippen LogP contribution in [0.4, 0.5) is 0 Å². The monoisotopic (exact) mass is 372 g/mol. The van der Waals surface area contributed by atoms with E-state index in [0.29, 0.717) is 18.0 Å². The van der Waals surface area contributed by atoms with E-state index in [2.05, 4.69) is 4.98 Å². The summed E-state index contributed by atoms with van der Waals surface area (Å²) in [5.41, 5.74) is 2.49. The maximum Gasteiger partial charge on any atom is 0.243 e. The molecule has 1 fully saturated rings. The number of piperidine rings is 1. The number of aryl methyl sites for hydroxylation is 2. The zero-order valence-corrected chi connectivity index (χ0v) is 15.6. The molecule has 26 heavy (non-hydrogen) atoms. The van der Waals surface area contributed by atoms with Crippen LogP contribution in [0, 0.1) is 0 Å². The Morgan fingerprint density at radius 1 is 1.00 bits per heavy atom. The molecule has 0 radical (unpaired) electrons. The second kappa shape index (κ2) is 7.37. The van der Waals surface area contributed by atoms with Crippen LogP contribution in [-0.2, 0) is 22.9 Å². The smallest absolute Gasteiger partial charge is 0.243 e. The Labute approximate surface area is 155 Å². The van der Waals surface area contributed by atoms with Gasteiger partial charge in [-0.05, 0) is 73.9 Å². The second-order valence-electron chi connectivity index (χ2n) is 7.07. The summed E-state index contributed by atoms with van der Waals surface area (Å²) in [5.74, 6) is 0.734. The minimum Gasteiger partial charge on any atom is -0.489 e. The minimum absolute atomic E-state index is 0.126. The maximum absolute atomic E-state index is 13.1. The van der Waals surface area contributed by atoms with E-state index in [9.17, 15) is 8.42 Å². The Balaban J connectivity index is 1.52. The summed E-state index contributed by atoms with van der Waals surface area (Å²) in [6.07, 6.45) is 9.27. The van der Waals surface area contributed by atoms with Crippen LogP contribution >= 0.6 is 0 Å². The summed E-state index contributed by atoms with van der Waals surface area (Å²) in [6, 6.07) is 9.26. The van der Waals surface area contributed by atoms with Crippen molar-refractivity contribution in [3.8, 4) is 5.75 Å². The SMILES string of the molecule is O=S(=O)(c1ccc2c(c1)CCCC2)N1CCC[C@H](Oc2ccncc2)C1. The van der Waals surface area contributed by atoms with Crippen molar-refractivity contribution < 1.29 is 13.2 Å². The molecule has 6 heteroatoms. The molecule has 1 saturated heterocycles. The number of benzene rings is 1. The summed E-state index contributed by atoms with van der Waals surface area (Å²) in [6.45, 7) is 0.942. The first-order valence-corrected chi connectivity index (χ1v) is 10.8. The molecule has 2 heterocycles. The van der Waals surface area contributed by atoms with Gasteiger partial charge in [-0.1, -0.05) is 6.07 Å². The average Bonchev–Trinajstić information content (AvgIpc) is 2.68. The van der Waals surface area contributed by atoms with Crippen molar-refractivity contribution in [2.75, 3.05) is 13.1 Å². The van der Waals surface area contributed by atoms with Crippen LogP contribution in [0.25, 0.3) is 0 Å². The number of fused-ring (bicyclic) bond motifs is 1. The lowest BCUT2D eigenvalue weighted by Gasteiger charge is -2.32. The number of nitrogens with zero attached hydrogens (tertiary/aromatic N) is 2. The molecule has 1 aromatic heterocycles. The highest BCUT2D eigenvalue weighted by molar-refractivity contribution is 7.89. The van der Waals surface area contributed by atoms with E-state index in [0.717, 1.165) is 37.9 Å². The van der Waals surface area contributed by atoms with Gasteiger partial charge in [0.1, 0.15) is 11.9 Å². The molecule has 1 aliphatic heterocycles. The Bertz CT molecular complexity index is 868. The molecule has 0 amide bonds. The zero-order chi connectivity index (χ0) is 18.0. The van der Waals surface area contributed by atoms with Crippen LogP contribution in [0.1, 0.15) is 36.8 Å². The maximum atomic E-state index is 13.1. The number of pyridine rings is 1. The predicted molar refractivity (Wildman–Crippen MR) is 99.7 cm³/mol. The van der Waals surface area contributed by atoms with Gasteiger partial charge in [0.15, 0.2) is 0 Å². The van der Waals surface area contributed by atoms with Crippen LogP contribution < -0.4 is 4.74 Å². The summed E-state index contributed by atoms with van der Waals surface area (Å²) in [7, 11) is -3.48. The van der Waals surface area contributed by atoms with Gasteiger partial charge >= 0.3 is 0 Å². The third-order valence-corrected chi connectivity index (χ3v) is 7.11. The second-order valence-corrected chi connectivity index (χ2v) is 9.00. The Morgan fingerprint density at radius 3 is 2.58 bits per heavy atom. The predicted octanol–water partition coefficient (Wildman–Crippen LogP) is 3.19. The van der Waals surface area contributed by atoms with Gasteiger partial charge in [0.2, 0.25) is 10.0 Å². The fourth-order valence-electron chi connectivity index (χ4n) is 3.85. The third-order valence-electron chi connectivity index (χ3n) is 5.25. The van der Waals surface area contributed by atoms with Gasteiger partial charge < -0.3 is 4.74 Å². The molecule has 0 saturated carbocycles. The molecule has 0 spiro atoms. The summed E-state index contributed by atoms with van der Waals surface area (Å²) in [5, 5.41) is 0. The minimum atomic E-state index is -3.48. The van der Waals surface area contributed by atoms with Crippen molar-refractivity contribution >= 4 is 10.0 Å². The topological polar surface area (TPSA) is 59.5 Å². The molecule has 1 aromatic carbocycles. The molecule has 0 bridgehead atoms. The lowest BCUT2D eigenvalue weighted by atomic mass is 9.92. The largest absolute Gasteiger partial charge is 0.489 e. The first-order valence-electron chi connectivity index (χ1n) is 9.31. The highest BCUT2D eigenvalue weighted by Gasteiger charge is 2.31. The quantitative estimate of drug-likeness (QED) is 0.827. The molecule has 0 N–H and O–H groups in total.